The molecule has 0 aliphatic carbocycles. The van der Waals surface area contributed by atoms with Crippen LogP contribution in [0.5, 0.6) is 0 Å². The summed E-state index contributed by atoms with van der Waals surface area (Å²) in [7, 11) is 0. The van der Waals surface area contributed by atoms with Gasteiger partial charge in [0.25, 0.3) is 0 Å². The Labute approximate surface area is 107 Å². The van der Waals surface area contributed by atoms with Crippen LogP contribution in [-0.4, -0.2) is 29.0 Å². The molecule has 0 aromatic carbocycles. The van der Waals surface area contributed by atoms with Crippen molar-refractivity contribution >= 4 is 11.3 Å². The molecule has 3 N–H and O–H groups in total. The largest absolute Gasteiger partial charge is 0.395 e. The molecule has 0 aliphatic rings. The molecule has 1 heterocycles. The Balaban J connectivity index is 2.38. The highest BCUT2D eigenvalue weighted by Gasteiger charge is 2.25. The Bertz CT molecular complexity index is 306. The Morgan fingerprint density at radius 3 is 2.59 bits per heavy atom. The first-order valence-electron chi connectivity index (χ1n) is 5.97. The molecule has 2 unspecified atom stereocenters. The third kappa shape index (κ3) is 5.17. The zero-order valence-corrected chi connectivity index (χ0v) is 11.6. The van der Waals surface area contributed by atoms with Gasteiger partial charge in [0.1, 0.15) is 0 Å². The lowest BCUT2D eigenvalue weighted by Gasteiger charge is -2.29. The molecule has 0 bridgehead atoms. The number of nitrogens with one attached hydrogen (secondary N) is 1. The summed E-state index contributed by atoms with van der Waals surface area (Å²) in [5.41, 5.74) is 1.08. The van der Waals surface area contributed by atoms with Crippen LogP contribution < -0.4 is 5.32 Å². The number of aliphatic hydroxyl groups is 2. The molecule has 1 aromatic rings. The minimum Gasteiger partial charge on any atom is -0.395 e. The van der Waals surface area contributed by atoms with Gasteiger partial charge in [0.05, 0.1) is 12.7 Å². The maximum absolute atomic E-state index is 10.00. The lowest BCUT2D eigenvalue weighted by atomic mass is 9.85. The van der Waals surface area contributed by atoms with E-state index in [0.717, 1.165) is 6.54 Å². The second-order valence-corrected chi connectivity index (χ2v) is 6.29. The summed E-state index contributed by atoms with van der Waals surface area (Å²) >= 11 is 1.67. The molecule has 0 aliphatic heterocycles. The Hall–Kier alpha value is -0.420. The van der Waals surface area contributed by atoms with E-state index >= 15 is 0 Å². The molecule has 17 heavy (non-hydrogen) atoms. The van der Waals surface area contributed by atoms with Crippen molar-refractivity contribution < 1.29 is 10.2 Å². The van der Waals surface area contributed by atoms with E-state index in [1.165, 1.54) is 5.56 Å². The van der Waals surface area contributed by atoms with Crippen molar-refractivity contribution in [3.05, 3.63) is 22.4 Å². The Kier molecular flexibility index (Phi) is 5.59. The summed E-state index contributed by atoms with van der Waals surface area (Å²) in [6, 6.07) is 2.01. The SMILES string of the molecule is CC(C)(C)C(O)CC(CO)NCc1ccsc1. The van der Waals surface area contributed by atoms with Crippen molar-refractivity contribution in [1.82, 2.24) is 5.32 Å². The van der Waals surface area contributed by atoms with Crippen molar-refractivity contribution in [3.63, 3.8) is 0 Å². The van der Waals surface area contributed by atoms with Gasteiger partial charge in [0, 0.05) is 12.6 Å². The second kappa shape index (κ2) is 6.50. The van der Waals surface area contributed by atoms with Crippen molar-refractivity contribution in [2.75, 3.05) is 6.61 Å². The summed E-state index contributed by atoms with van der Waals surface area (Å²) in [6.07, 6.45) is 0.166. The zero-order chi connectivity index (χ0) is 12.9. The molecule has 2 atom stereocenters. The van der Waals surface area contributed by atoms with Crippen molar-refractivity contribution in [3.8, 4) is 0 Å². The molecular formula is C13H23NO2S. The van der Waals surface area contributed by atoms with E-state index in [4.69, 9.17) is 0 Å². The van der Waals surface area contributed by atoms with Crippen LogP contribution in [0.2, 0.25) is 0 Å². The number of hydrogen-bond acceptors (Lipinski definition) is 4. The van der Waals surface area contributed by atoms with Crippen LogP contribution in [0.15, 0.2) is 16.8 Å². The first-order valence-corrected chi connectivity index (χ1v) is 6.91. The fraction of sp³-hybridized carbons (Fsp3) is 0.692. The molecular weight excluding hydrogens is 234 g/mol. The van der Waals surface area contributed by atoms with Gasteiger partial charge in [-0.2, -0.15) is 11.3 Å². The predicted molar refractivity (Wildman–Crippen MR) is 72.1 cm³/mol. The van der Waals surface area contributed by atoms with Gasteiger partial charge in [-0.3, -0.25) is 0 Å². The first kappa shape index (κ1) is 14.6. The molecule has 0 spiro atoms. The lowest BCUT2D eigenvalue weighted by Crippen LogP contribution is -2.39. The van der Waals surface area contributed by atoms with Gasteiger partial charge in [-0.1, -0.05) is 20.8 Å². The van der Waals surface area contributed by atoms with Crippen LogP contribution in [0.4, 0.5) is 0 Å². The quantitative estimate of drug-likeness (QED) is 0.730. The van der Waals surface area contributed by atoms with Crippen LogP contribution in [0.3, 0.4) is 0 Å². The molecule has 0 radical (unpaired) electrons. The molecule has 0 saturated heterocycles. The first-order chi connectivity index (χ1) is 7.93. The monoisotopic (exact) mass is 257 g/mol. The molecule has 0 saturated carbocycles. The van der Waals surface area contributed by atoms with Gasteiger partial charge in [-0.25, -0.2) is 0 Å². The van der Waals surface area contributed by atoms with Gasteiger partial charge in [0.15, 0.2) is 0 Å². The van der Waals surface area contributed by atoms with Gasteiger partial charge >= 0.3 is 0 Å². The van der Waals surface area contributed by atoms with E-state index in [0.29, 0.717) is 6.42 Å². The van der Waals surface area contributed by atoms with Gasteiger partial charge in [-0.05, 0) is 34.2 Å². The van der Waals surface area contributed by atoms with Crippen molar-refractivity contribution in [2.24, 2.45) is 5.41 Å². The highest BCUT2D eigenvalue weighted by Crippen LogP contribution is 2.22. The summed E-state index contributed by atoms with van der Waals surface area (Å²) in [5, 5.41) is 26.7. The van der Waals surface area contributed by atoms with Crippen LogP contribution in [0.25, 0.3) is 0 Å². The van der Waals surface area contributed by atoms with E-state index in [1.807, 2.05) is 26.2 Å². The third-order valence-electron chi connectivity index (χ3n) is 2.90. The Morgan fingerprint density at radius 2 is 2.12 bits per heavy atom. The average molecular weight is 257 g/mol. The molecule has 98 valence electrons. The molecule has 1 rings (SSSR count). The topological polar surface area (TPSA) is 52.5 Å². The van der Waals surface area contributed by atoms with Gasteiger partial charge in [0.2, 0.25) is 0 Å². The third-order valence-corrected chi connectivity index (χ3v) is 3.63. The van der Waals surface area contributed by atoms with Crippen molar-refractivity contribution in [1.29, 1.82) is 0 Å². The smallest absolute Gasteiger partial charge is 0.0604 e. The molecule has 4 heteroatoms. The van der Waals surface area contributed by atoms with Crippen LogP contribution in [0.1, 0.15) is 32.8 Å². The van der Waals surface area contributed by atoms with E-state index in [-0.39, 0.29) is 18.1 Å². The maximum Gasteiger partial charge on any atom is 0.0604 e. The van der Waals surface area contributed by atoms with E-state index in [1.54, 1.807) is 11.3 Å². The van der Waals surface area contributed by atoms with Crippen LogP contribution >= 0.6 is 11.3 Å². The highest BCUT2D eigenvalue weighted by atomic mass is 32.1. The fourth-order valence-corrected chi connectivity index (χ4v) is 2.17. The maximum atomic E-state index is 10.00. The van der Waals surface area contributed by atoms with E-state index < -0.39 is 6.10 Å². The fourth-order valence-electron chi connectivity index (χ4n) is 1.50. The lowest BCUT2D eigenvalue weighted by molar-refractivity contribution is 0.0389. The molecule has 0 amide bonds. The van der Waals surface area contributed by atoms with E-state index in [2.05, 4.69) is 16.8 Å². The minimum absolute atomic E-state index is 0.0517. The van der Waals surface area contributed by atoms with Crippen molar-refractivity contribution in [2.45, 2.75) is 45.9 Å². The molecule has 1 aromatic heterocycles. The number of rotatable bonds is 6. The second-order valence-electron chi connectivity index (χ2n) is 5.51. The summed E-state index contributed by atoms with van der Waals surface area (Å²) in [6.45, 7) is 6.81. The minimum atomic E-state index is -0.408. The van der Waals surface area contributed by atoms with Gasteiger partial charge < -0.3 is 15.5 Å². The average Bonchev–Trinajstić information content (AvgIpc) is 2.75. The van der Waals surface area contributed by atoms with E-state index in [9.17, 15) is 10.2 Å². The van der Waals surface area contributed by atoms with Crippen LogP contribution in [0, 0.1) is 5.41 Å². The predicted octanol–water partition coefficient (Wildman–Crippen LogP) is 2.00. The normalized spacial score (nSPS) is 15.8. The number of aliphatic hydroxyl groups excluding tert-OH is 2. The summed E-state index contributed by atoms with van der Waals surface area (Å²) < 4.78 is 0. The number of thiophene rings is 1. The van der Waals surface area contributed by atoms with Gasteiger partial charge in [-0.15, -0.1) is 0 Å². The summed E-state index contributed by atoms with van der Waals surface area (Å²) in [4.78, 5) is 0. The highest BCUT2D eigenvalue weighted by molar-refractivity contribution is 7.07. The Morgan fingerprint density at radius 1 is 1.41 bits per heavy atom. The molecule has 3 nitrogen and oxygen atoms in total. The summed E-state index contributed by atoms with van der Waals surface area (Å²) in [5.74, 6) is 0. The van der Waals surface area contributed by atoms with Crippen LogP contribution in [-0.2, 0) is 6.54 Å². The standard InChI is InChI=1S/C13H23NO2S/c1-13(2,3)12(16)6-11(8-15)14-7-10-4-5-17-9-10/h4-5,9,11-12,14-16H,6-8H2,1-3H3. The number of hydrogen-bond donors (Lipinski definition) is 3. The zero-order valence-electron chi connectivity index (χ0n) is 10.8. The molecule has 0 fully saturated rings.